The smallest absolute Gasteiger partial charge is 0.342 e. The second-order valence-corrected chi connectivity index (χ2v) is 6.64. The molecule has 8 nitrogen and oxygen atoms in total. The molecule has 2 heterocycles. The zero-order chi connectivity index (χ0) is 15.9. The molecule has 0 aliphatic carbocycles. The Balaban J connectivity index is 2.42. The zero-order valence-corrected chi connectivity index (χ0v) is 12.6. The summed E-state index contributed by atoms with van der Waals surface area (Å²) in [5.41, 5.74) is -0.145. The number of carboxylic acids is 1. The van der Waals surface area contributed by atoms with Crippen molar-refractivity contribution in [2.24, 2.45) is 5.92 Å². The summed E-state index contributed by atoms with van der Waals surface area (Å²) in [6, 6.07) is 0. The Labute approximate surface area is 121 Å². The van der Waals surface area contributed by atoms with Crippen molar-refractivity contribution in [3.8, 4) is 0 Å². The summed E-state index contributed by atoms with van der Waals surface area (Å²) in [5, 5.41) is 8.81. The summed E-state index contributed by atoms with van der Waals surface area (Å²) in [5.74, 6) is -2.36. The second-order valence-electron chi connectivity index (χ2n) is 4.77. The first-order valence-electron chi connectivity index (χ1n) is 6.11. The van der Waals surface area contributed by atoms with E-state index in [4.69, 9.17) is 9.52 Å². The minimum Gasteiger partial charge on any atom is -0.481 e. The summed E-state index contributed by atoms with van der Waals surface area (Å²) < 4.78 is 35.9. The molecule has 0 radical (unpaired) electrons. The number of hydrogen-bond acceptors (Lipinski definition) is 6. The standard InChI is InChI=1S/C12H15NO7S/c1-6-9(12(16)19-3)10(7(2)20-6)21(17,18)13-4-8(5-13)11(14)15/h8H,4-5H2,1-3H3,(H,14,15). The van der Waals surface area contributed by atoms with Gasteiger partial charge in [-0.1, -0.05) is 0 Å². The molecule has 2 rings (SSSR count). The van der Waals surface area contributed by atoms with Crippen LogP contribution in [0.1, 0.15) is 21.9 Å². The highest BCUT2D eigenvalue weighted by Gasteiger charge is 2.44. The van der Waals surface area contributed by atoms with Crippen molar-refractivity contribution in [1.82, 2.24) is 4.31 Å². The number of aryl methyl sites for hydroxylation is 2. The molecule has 0 bridgehead atoms. The molecule has 0 unspecified atom stereocenters. The van der Waals surface area contributed by atoms with Crippen molar-refractivity contribution in [1.29, 1.82) is 0 Å². The van der Waals surface area contributed by atoms with E-state index >= 15 is 0 Å². The Bertz CT molecular complexity index is 697. The minimum absolute atomic E-state index is 0.0756. The number of aliphatic carboxylic acids is 1. The fourth-order valence-corrected chi connectivity index (χ4v) is 4.13. The lowest BCUT2D eigenvalue weighted by molar-refractivity contribution is -0.145. The third kappa shape index (κ3) is 2.42. The molecule has 21 heavy (non-hydrogen) atoms. The summed E-state index contributed by atoms with van der Waals surface area (Å²) in [4.78, 5) is 22.3. The maximum Gasteiger partial charge on any atom is 0.342 e. The van der Waals surface area contributed by atoms with Gasteiger partial charge in [-0.2, -0.15) is 4.31 Å². The number of methoxy groups -OCH3 is 1. The van der Waals surface area contributed by atoms with Crippen LogP contribution >= 0.6 is 0 Å². The van der Waals surface area contributed by atoms with Gasteiger partial charge in [0.05, 0.1) is 13.0 Å². The van der Waals surface area contributed by atoms with Crippen LogP contribution in [0.2, 0.25) is 0 Å². The molecule has 1 N–H and O–H groups in total. The molecule has 1 aliphatic heterocycles. The minimum atomic E-state index is -3.99. The van der Waals surface area contributed by atoms with Crippen molar-refractivity contribution in [2.75, 3.05) is 20.2 Å². The number of nitrogens with zero attached hydrogens (tertiary/aromatic N) is 1. The Morgan fingerprint density at radius 3 is 2.33 bits per heavy atom. The Morgan fingerprint density at radius 1 is 1.29 bits per heavy atom. The molecule has 1 saturated heterocycles. The molecule has 1 fully saturated rings. The Morgan fingerprint density at radius 2 is 1.86 bits per heavy atom. The molecule has 9 heteroatoms. The molecule has 0 saturated carbocycles. The van der Waals surface area contributed by atoms with Gasteiger partial charge in [0.15, 0.2) is 0 Å². The van der Waals surface area contributed by atoms with Crippen molar-refractivity contribution in [3.05, 3.63) is 17.1 Å². The fraction of sp³-hybridized carbons (Fsp3) is 0.500. The molecular formula is C12H15NO7S. The molecule has 1 aromatic heterocycles. The van der Waals surface area contributed by atoms with E-state index in [1.165, 1.54) is 13.8 Å². The Hall–Kier alpha value is -1.87. The molecule has 0 spiro atoms. The number of sulfonamides is 1. The lowest BCUT2D eigenvalue weighted by Gasteiger charge is -2.35. The van der Waals surface area contributed by atoms with Crippen LogP contribution < -0.4 is 0 Å². The molecule has 116 valence electrons. The van der Waals surface area contributed by atoms with Gasteiger partial charge in [0.25, 0.3) is 0 Å². The third-order valence-corrected chi connectivity index (χ3v) is 5.38. The maximum atomic E-state index is 12.5. The first-order chi connectivity index (χ1) is 9.70. The summed E-state index contributed by atoms with van der Waals surface area (Å²) >= 11 is 0. The fourth-order valence-electron chi connectivity index (χ4n) is 2.23. The highest BCUT2D eigenvalue weighted by atomic mass is 32.2. The van der Waals surface area contributed by atoms with Crippen molar-refractivity contribution in [2.45, 2.75) is 18.7 Å². The van der Waals surface area contributed by atoms with Gasteiger partial charge in [-0.3, -0.25) is 4.79 Å². The van der Waals surface area contributed by atoms with Gasteiger partial charge in [-0.15, -0.1) is 0 Å². The van der Waals surface area contributed by atoms with Gasteiger partial charge in [-0.05, 0) is 13.8 Å². The van der Waals surface area contributed by atoms with E-state index in [1.54, 1.807) is 0 Å². The zero-order valence-electron chi connectivity index (χ0n) is 11.7. The topological polar surface area (TPSA) is 114 Å². The van der Waals surface area contributed by atoms with E-state index < -0.39 is 27.9 Å². The van der Waals surface area contributed by atoms with Crippen molar-refractivity contribution in [3.63, 3.8) is 0 Å². The average Bonchev–Trinajstić information content (AvgIpc) is 2.60. The van der Waals surface area contributed by atoms with Crippen LogP contribution in [0.3, 0.4) is 0 Å². The quantitative estimate of drug-likeness (QED) is 0.799. The normalized spacial score (nSPS) is 16.5. The molecule has 1 aromatic rings. The summed E-state index contributed by atoms with van der Waals surface area (Å²) in [6.07, 6.45) is 0. The van der Waals surface area contributed by atoms with Gasteiger partial charge >= 0.3 is 11.9 Å². The third-order valence-electron chi connectivity index (χ3n) is 3.39. The number of furan rings is 1. The van der Waals surface area contributed by atoms with E-state index in [0.29, 0.717) is 0 Å². The predicted molar refractivity (Wildman–Crippen MR) is 69.4 cm³/mol. The summed E-state index contributed by atoms with van der Waals surface area (Å²) in [6.45, 7) is 2.65. The van der Waals surface area contributed by atoms with Crippen LogP contribution in [0.5, 0.6) is 0 Å². The lowest BCUT2D eigenvalue weighted by atomic mass is 10.0. The Kier molecular flexibility index (Phi) is 3.81. The summed E-state index contributed by atoms with van der Waals surface area (Å²) in [7, 11) is -2.85. The second kappa shape index (κ2) is 5.15. The predicted octanol–water partition coefficient (Wildman–Crippen LogP) is 0.388. The van der Waals surface area contributed by atoms with Crippen molar-refractivity contribution >= 4 is 22.0 Å². The molecule has 1 aliphatic rings. The van der Waals surface area contributed by atoms with Crippen LogP contribution in [0.25, 0.3) is 0 Å². The molecule has 0 amide bonds. The van der Waals surface area contributed by atoms with Crippen LogP contribution in [0.4, 0.5) is 0 Å². The van der Waals surface area contributed by atoms with E-state index in [2.05, 4.69) is 4.74 Å². The monoisotopic (exact) mass is 317 g/mol. The highest BCUT2D eigenvalue weighted by molar-refractivity contribution is 7.89. The van der Waals surface area contributed by atoms with E-state index in [1.807, 2.05) is 0 Å². The van der Waals surface area contributed by atoms with Crippen LogP contribution in [0, 0.1) is 19.8 Å². The number of esters is 1. The average molecular weight is 317 g/mol. The van der Waals surface area contributed by atoms with Crippen LogP contribution in [-0.4, -0.2) is 50.0 Å². The van der Waals surface area contributed by atoms with Crippen molar-refractivity contribution < 1.29 is 32.3 Å². The number of carbonyl (C=O) groups excluding carboxylic acids is 1. The number of ether oxygens (including phenoxy) is 1. The first kappa shape index (κ1) is 15.5. The largest absolute Gasteiger partial charge is 0.481 e. The van der Waals surface area contributed by atoms with E-state index in [9.17, 15) is 18.0 Å². The van der Waals surface area contributed by atoms with Gasteiger partial charge in [0, 0.05) is 13.1 Å². The molecular weight excluding hydrogens is 302 g/mol. The number of carboxylic acid groups (broad SMARTS) is 1. The maximum absolute atomic E-state index is 12.5. The van der Waals surface area contributed by atoms with E-state index in [0.717, 1.165) is 11.4 Å². The van der Waals surface area contributed by atoms with Gasteiger partial charge in [0.2, 0.25) is 10.0 Å². The number of rotatable bonds is 4. The number of hydrogen-bond donors (Lipinski definition) is 1. The van der Waals surface area contributed by atoms with Gasteiger partial charge in [-0.25, -0.2) is 13.2 Å². The SMILES string of the molecule is COC(=O)c1c(C)oc(C)c1S(=O)(=O)N1CC(C(=O)O)C1. The van der Waals surface area contributed by atoms with Crippen LogP contribution in [0.15, 0.2) is 9.31 Å². The van der Waals surface area contributed by atoms with Crippen LogP contribution in [-0.2, 0) is 19.6 Å². The van der Waals surface area contributed by atoms with E-state index in [-0.39, 0.29) is 35.1 Å². The van der Waals surface area contributed by atoms with Gasteiger partial charge < -0.3 is 14.3 Å². The van der Waals surface area contributed by atoms with Gasteiger partial charge in [0.1, 0.15) is 22.0 Å². The molecule has 0 atom stereocenters. The number of carbonyl (C=O) groups is 2. The molecule has 0 aromatic carbocycles. The first-order valence-corrected chi connectivity index (χ1v) is 7.55. The lowest BCUT2D eigenvalue weighted by Crippen LogP contribution is -2.53. The highest BCUT2D eigenvalue weighted by Crippen LogP contribution is 2.33.